The largest absolute Gasteiger partial charge is 0.376 e. The van der Waals surface area contributed by atoms with Gasteiger partial charge in [-0.25, -0.2) is 0 Å². The first-order valence-electron chi connectivity index (χ1n) is 7.62. The smallest absolute Gasteiger partial charge is 0.250 e. The van der Waals surface area contributed by atoms with Gasteiger partial charge in [-0.05, 0) is 29.7 Å². The third-order valence-corrected chi connectivity index (χ3v) is 4.11. The maximum atomic E-state index is 12.4. The number of benzene rings is 2. The normalized spacial score (nSPS) is 13.3. The predicted molar refractivity (Wildman–Crippen MR) is 89.0 cm³/mol. The predicted octanol–water partition coefficient (Wildman–Crippen LogP) is 1.78. The number of hydrogen-bond donors (Lipinski definition) is 2. The van der Waals surface area contributed by atoms with E-state index in [4.69, 9.17) is 5.73 Å². The Morgan fingerprint density at radius 3 is 2.52 bits per heavy atom. The van der Waals surface area contributed by atoms with Crippen LogP contribution in [0.5, 0.6) is 0 Å². The molecule has 5 nitrogen and oxygen atoms in total. The van der Waals surface area contributed by atoms with Crippen LogP contribution >= 0.6 is 0 Å². The Labute approximate surface area is 135 Å². The molecule has 2 aromatic rings. The van der Waals surface area contributed by atoms with Gasteiger partial charge in [-0.1, -0.05) is 36.4 Å². The van der Waals surface area contributed by atoms with Crippen molar-refractivity contribution in [2.75, 3.05) is 18.4 Å². The number of nitrogens with two attached hydrogens (primary N) is 1. The zero-order valence-corrected chi connectivity index (χ0v) is 12.8. The zero-order chi connectivity index (χ0) is 16.2. The minimum atomic E-state index is -0.507. The second-order valence-electron chi connectivity index (χ2n) is 5.60. The molecule has 2 amide bonds. The number of rotatable bonds is 4. The number of anilines is 1. The van der Waals surface area contributed by atoms with Crippen molar-refractivity contribution in [1.29, 1.82) is 0 Å². The lowest BCUT2D eigenvalue weighted by atomic mass is 10.00. The Morgan fingerprint density at radius 2 is 1.74 bits per heavy atom. The van der Waals surface area contributed by atoms with Crippen molar-refractivity contribution >= 4 is 17.5 Å². The molecule has 0 atom stereocenters. The van der Waals surface area contributed by atoms with Gasteiger partial charge in [0, 0.05) is 18.8 Å². The summed E-state index contributed by atoms with van der Waals surface area (Å²) in [6, 6.07) is 15.1. The molecule has 0 fully saturated rings. The highest BCUT2D eigenvalue weighted by Crippen LogP contribution is 2.19. The SMILES string of the molecule is NC(=O)c1ccccc1NCC(=O)N1CCc2ccccc2C1. The third-order valence-electron chi connectivity index (χ3n) is 4.11. The first-order chi connectivity index (χ1) is 11.1. The van der Waals surface area contributed by atoms with Crippen molar-refractivity contribution < 1.29 is 9.59 Å². The molecule has 0 saturated heterocycles. The summed E-state index contributed by atoms with van der Waals surface area (Å²) in [6.45, 7) is 1.50. The molecule has 3 N–H and O–H groups in total. The number of fused-ring (bicyclic) bond motifs is 1. The van der Waals surface area contributed by atoms with Gasteiger partial charge < -0.3 is 16.0 Å². The maximum absolute atomic E-state index is 12.4. The molecule has 5 heteroatoms. The number of carbonyl (C=O) groups is 2. The number of nitrogens with zero attached hydrogens (tertiary/aromatic N) is 1. The lowest BCUT2D eigenvalue weighted by molar-refractivity contribution is -0.130. The summed E-state index contributed by atoms with van der Waals surface area (Å²) in [5.74, 6) is -0.494. The molecule has 0 radical (unpaired) electrons. The van der Waals surface area contributed by atoms with Crippen molar-refractivity contribution in [3.8, 4) is 0 Å². The highest BCUT2D eigenvalue weighted by Gasteiger charge is 2.20. The quantitative estimate of drug-likeness (QED) is 0.904. The molecule has 0 bridgehead atoms. The van der Waals surface area contributed by atoms with Crippen molar-refractivity contribution in [3.05, 3.63) is 65.2 Å². The minimum absolute atomic E-state index is 0.0128. The van der Waals surface area contributed by atoms with E-state index in [9.17, 15) is 9.59 Å². The molecule has 1 heterocycles. The fourth-order valence-electron chi connectivity index (χ4n) is 2.84. The molecular weight excluding hydrogens is 290 g/mol. The van der Waals surface area contributed by atoms with Crippen LogP contribution in [-0.2, 0) is 17.8 Å². The van der Waals surface area contributed by atoms with E-state index < -0.39 is 5.91 Å². The lowest BCUT2D eigenvalue weighted by Gasteiger charge is -2.29. The summed E-state index contributed by atoms with van der Waals surface area (Å²) >= 11 is 0. The highest BCUT2D eigenvalue weighted by molar-refractivity contribution is 5.99. The number of carbonyl (C=O) groups excluding carboxylic acids is 2. The molecular formula is C18H19N3O2. The number of nitrogens with one attached hydrogen (secondary N) is 1. The maximum Gasteiger partial charge on any atom is 0.250 e. The van der Waals surface area contributed by atoms with Gasteiger partial charge in [0.15, 0.2) is 0 Å². The van der Waals surface area contributed by atoms with Gasteiger partial charge in [0.05, 0.1) is 12.1 Å². The van der Waals surface area contributed by atoms with Crippen LogP contribution in [0.1, 0.15) is 21.5 Å². The second kappa shape index (κ2) is 6.52. The fraction of sp³-hybridized carbons (Fsp3) is 0.222. The standard InChI is InChI=1S/C18H19N3O2/c19-18(23)15-7-3-4-8-16(15)20-11-17(22)21-10-9-13-5-1-2-6-14(13)12-21/h1-8,20H,9-12H2,(H2,19,23). The van der Waals surface area contributed by atoms with Gasteiger partial charge in [0.1, 0.15) is 0 Å². The molecule has 118 valence electrons. The van der Waals surface area contributed by atoms with E-state index in [2.05, 4.69) is 17.4 Å². The van der Waals surface area contributed by atoms with E-state index in [1.165, 1.54) is 11.1 Å². The number of amides is 2. The number of para-hydroxylation sites is 1. The minimum Gasteiger partial charge on any atom is -0.376 e. The van der Waals surface area contributed by atoms with Gasteiger partial charge in [0.2, 0.25) is 5.91 Å². The molecule has 0 saturated carbocycles. The Morgan fingerprint density at radius 1 is 1.04 bits per heavy atom. The van der Waals surface area contributed by atoms with E-state index in [1.54, 1.807) is 24.3 Å². The van der Waals surface area contributed by atoms with Crippen molar-refractivity contribution in [3.63, 3.8) is 0 Å². The Hall–Kier alpha value is -2.82. The van der Waals surface area contributed by atoms with Crippen LogP contribution in [0.4, 0.5) is 5.69 Å². The first kappa shape index (κ1) is 15.1. The Kier molecular flexibility index (Phi) is 4.28. The first-order valence-corrected chi connectivity index (χ1v) is 7.62. The molecule has 0 aliphatic carbocycles. The van der Waals surface area contributed by atoms with E-state index in [0.717, 1.165) is 13.0 Å². The van der Waals surface area contributed by atoms with Crippen molar-refractivity contribution in [2.24, 2.45) is 5.73 Å². The zero-order valence-electron chi connectivity index (χ0n) is 12.8. The second-order valence-corrected chi connectivity index (χ2v) is 5.60. The van der Waals surface area contributed by atoms with Gasteiger partial charge in [-0.3, -0.25) is 9.59 Å². The van der Waals surface area contributed by atoms with Gasteiger partial charge in [0.25, 0.3) is 5.91 Å². The Balaban J connectivity index is 1.64. The van der Waals surface area contributed by atoms with Crippen LogP contribution in [0.25, 0.3) is 0 Å². The van der Waals surface area contributed by atoms with Crippen molar-refractivity contribution in [2.45, 2.75) is 13.0 Å². The summed E-state index contributed by atoms with van der Waals surface area (Å²) in [5.41, 5.74) is 8.83. The molecule has 0 unspecified atom stereocenters. The van der Waals surface area contributed by atoms with Crippen LogP contribution < -0.4 is 11.1 Å². The topological polar surface area (TPSA) is 75.4 Å². The van der Waals surface area contributed by atoms with Crippen LogP contribution in [0, 0.1) is 0 Å². The average molecular weight is 309 g/mol. The van der Waals surface area contributed by atoms with E-state index >= 15 is 0 Å². The number of primary amides is 1. The summed E-state index contributed by atoms with van der Waals surface area (Å²) in [5, 5.41) is 3.02. The van der Waals surface area contributed by atoms with E-state index in [1.807, 2.05) is 17.0 Å². The molecule has 0 spiro atoms. The molecule has 0 aromatic heterocycles. The van der Waals surface area contributed by atoms with Gasteiger partial charge in [-0.15, -0.1) is 0 Å². The summed E-state index contributed by atoms with van der Waals surface area (Å²) in [6.07, 6.45) is 0.875. The lowest BCUT2D eigenvalue weighted by Crippen LogP contribution is -2.39. The highest BCUT2D eigenvalue weighted by atomic mass is 16.2. The third kappa shape index (κ3) is 3.34. The summed E-state index contributed by atoms with van der Waals surface area (Å²) in [4.78, 5) is 25.6. The van der Waals surface area contributed by atoms with Crippen LogP contribution in [0.2, 0.25) is 0 Å². The summed E-state index contributed by atoms with van der Waals surface area (Å²) in [7, 11) is 0. The van der Waals surface area contributed by atoms with Crippen molar-refractivity contribution in [1.82, 2.24) is 4.90 Å². The van der Waals surface area contributed by atoms with Gasteiger partial charge in [-0.2, -0.15) is 0 Å². The van der Waals surface area contributed by atoms with Crippen LogP contribution in [-0.4, -0.2) is 29.8 Å². The Bertz CT molecular complexity index is 743. The monoisotopic (exact) mass is 309 g/mol. The number of hydrogen-bond acceptors (Lipinski definition) is 3. The van der Waals surface area contributed by atoms with E-state index in [-0.39, 0.29) is 12.5 Å². The fourth-order valence-corrected chi connectivity index (χ4v) is 2.84. The van der Waals surface area contributed by atoms with E-state index in [0.29, 0.717) is 17.8 Å². The molecule has 1 aliphatic heterocycles. The molecule has 2 aromatic carbocycles. The van der Waals surface area contributed by atoms with Crippen LogP contribution in [0.3, 0.4) is 0 Å². The van der Waals surface area contributed by atoms with Crippen LogP contribution in [0.15, 0.2) is 48.5 Å². The molecule has 1 aliphatic rings. The average Bonchev–Trinajstić information content (AvgIpc) is 2.59. The molecule has 23 heavy (non-hydrogen) atoms. The van der Waals surface area contributed by atoms with Gasteiger partial charge >= 0.3 is 0 Å². The molecule has 3 rings (SSSR count). The summed E-state index contributed by atoms with van der Waals surface area (Å²) < 4.78 is 0.